The van der Waals surface area contributed by atoms with E-state index >= 15 is 0 Å². The minimum atomic E-state index is -0.0440. The van der Waals surface area contributed by atoms with Crippen LogP contribution in [0.5, 0.6) is 0 Å². The van der Waals surface area contributed by atoms with E-state index in [1.807, 2.05) is 24.2 Å². The molecular weight excluding hydrogens is 338 g/mol. The van der Waals surface area contributed by atoms with Crippen molar-refractivity contribution >= 4 is 12.0 Å². The summed E-state index contributed by atoms with van der Waals surface area (Å²) in [5, 5.41) is 0. The van der Waals surface area contributed by atoms with Gasteiger partial charge in [0.15, 0.2) is 0 Å². The number of fused-ring (bicyclic) bond motifs is 1. The predicted octanol–water partition coefficient (Wildman–Crippen LogP) is 2.91. The summed E-state index contributed by atoms with van der Waals surface area (Å²) in [6.07, 6.45) is 8.18. The fraction of sp³-hybridized carbons (Fsp3) is 0.227. The molecule has 5 heteroatoms. The van der Waals surface area contributed by atoms with Crippen LogP contribution in [0.25, 0.3) is 11.1 Å². The highest BCUT2D eigenvalue weighted by molar-refractivity contribution is 5.73. The van der Waals surface area contributed by atoms with Gasteiger partial charge in [-0.3, -0.25) is 9.78 Å². The Balaban J connectivity index is 1.64. The van der Waals surface area contributed by atoms with Crippen molar-refractivity contribution in [2.75, 3.05) is 11.9 Å². The van der Waals surface area contributed by atoms with Gasteiger partial charge in [0.1, 0.15) is 6.29 Å². The van der Waals surface area contributed by atoms with Gasteiger partial charge in [-0.15, -0.1) is 0 Å². The zero-order valence-electron chi connectivity index (χ0n) is 15.2. The van der Waals surface area contributed by atoms with E-state index in [1.54, 1.807) is 29.1 Å². The van der Waals surface area contributed by atoms with Gasteiger partial charge in [-0.2, -0.15) is 0 Å². The molecule has 3 aromatic rings. The van der Waals surface area contributed by atoms with E-state index in [9.17, 15) is 9.59 Å². The molecule has 1 aliphatic heterocycles. The molecule has 1 unspecified atom stereocenters. The van der Waals surface area contributed by atoms with Gasteiger partial charge in [-0.05, 0) is 53.8 Å². The fourth-order valence-corrected chi connectivity index (χ4v) is 3.66. The smallest absolute Gasteiger partial charge is 0.250 e. The van der Waals surface area contributed by atoms with Gasteiger partial charge in [0.2, 0.25) is 0 Å². The Morgan fingerprint density at radius 1 is 1.15 bits per heavy atom. The molecule has 0 saturated carbocycles. The van der Waals surface area contributed by atoms with Gasteiger partial charge >= 0.3 is 0 Å². The summed E-state index contributed by atoms with van der Waals surface area (Å²) in [5.41, 5.74) is 5.45. The van der Waals surface area contributed by atoms with Gasteiger partial charge in [-0.1, -0.05) is 12.1 Å². The first-order valence-electron chi connectivity index (χ1n) is 9.06. The van der Waals surface area contributed by atoms with Crippen molar-refractivity contribution in [2.45, 2.75) is 25.4 Å². The summed E-state index contributed by atoms with van der Waals surface area (Å²) in [6, 6.07) is 13.5. The zero-order chi connectivity index (χ0) is 18.8. The Bertz CT molecular complexity index is 1040. The van der Waals surface area contributed by atoms with Crippen LogP contribution < -0.4 is 10.5 Å². The Morgan fingerprint density at radius 2 is 2.04 bits per heavy atom. The lowest BCUT2D eigenvalue weighted by Gasteiger charge is -2.33. The number of pyridine rings is 2. The van der Waals surface area contributed by atoms with Gasteiger partial charge in [0, 0.05) is 43.0 Å². The van der Waals surface area contributed by atoms with Crippen molar-refractivity contribution in [2.24, 2.45) is 0 Å². The van der Waals surface area contributed by atoms with Crippen LogP contribution in [0.2, 0.25) is 0 Å². The maximum Gasteiger partial charge on any atom is 0.250 e. The van der Waals surface area contributed by atoms with E-state index in [4.69, 9.17) is 0 Å². The number of carbonyl (C=O) groups excluding carboxylic acids is 1. The quantitative estimate of drug-likeness (QED) is 0.672. The highest BCUT2D eigenvalue weighted by atomic mass is 16.1. The maximum atomic E-state index is 11.9. The number of aromatic nitrogens is 2. The maximum absolute atomic E-state index is 11.9. The number of rotatable bonds is 4. The van der Waals surface area contributed by atoms with E-state index in [1.165, 1.54) is 5.56 Å². The van der Waals surface area contributed by atoms with E-state index in [-0.39, 0.29) is 11.6 Å². The Labute approximate surface area is 157 Å². The second-order valence-corrected chi connectivity index (χ2v) is 6.95. The molecule has 1 aromatic carbocycles. The Kier molecular flexibility index (Phi) is 4.59. The van der Waals surface area contributed by atoms with Gasteiger partial charge in [-0.25, -0.2) is 0 Å². The molecule has 1 atom stereocenters. The number of hydrogen-bond donors (Lipinski definition) is 0. The minimum Gasteiger partial charge on any atom is -0.365 e. The third-order valence-electron chi connectivity index (χ3n) is 5.20. The Hall–Kier alpha value is -3.21. The molecule has 0 spiro atoms. The average molecular weight is 359 g/mol. The van der Waals surface area contributed by atoms with E-state index in [2.05, 4.69) is 29.2 Å². The van der Waals surface area contributed by atoms with Crippen molar-refractivity contribution in [3.05, 3.63) is 82.5 Å². The molecule has 4 rings (SSSR count). The van der Waals surface area contributed by atoms with Crippen LogP contribution in [0.3, 0.4) is 0 Å². The fourth-order valence-electron chi connectivity index (χ4n) is 3.66. The molecule has 0 fully saturated rings. The van der Waals surface area contributed by atoms with E-state index < -0.39 is 0 Å². The number of aryl methyl sites for hydroxylation is 1. The van der Waals surface area contributed by atoms with Crippen molar-refractivity contribution in [1.82, 2.24) is 9.55 Å². The average Bonchev–Trinajstić information content (AvgIpc) is 2.70. The van der Waals surface area contributed by atoms with Crippen molar-refractivity contribution < 1.29 is 4.79 Å². The molecular formula is C22H21N3O2. The van der Waals surface area contributed by atoms with Crippen LogP contribution >= 0.6 is 0 Å². The second-order valence-electron chi connectivity index (χ2n) is 6.95. The summed E-state index contributed by atoms with van der Waals surface area (Å²) in [6.45, 7) is 0.495. The normalized spacial score (nSPS) is 16.0. The second kappa shape index (κ2) is 7.19. The number of benzene rings is 1. The number of nitrogens with zero attached hydrogens (tertiary/aromatic N) is 3. The lowest BCUT2D eigenvalue weighted by Crippen LogP contribution is -2.37. The molecule has 0 aliphatic carbocycles. The van der Waals surface area contributed by atoms with Crippen LogP contribution in [0.1, 0.15) is 17.5 Å². The lowest BCUT2D eigenvalue weighted by atomic mass is 9.93. The van der Waals surface area contributed by atoms with Crippen LogP contribution in [0, 0.1) is 0 Å². The summed E-state index contributed by atoms with van der Waals surface area (Å²) in [4.78, 5) is 29.6. The van der Waals surface area contributed by atoms with Gasteiger partial charge in [0.25, 0.3) is 5.56 Å². The summed E-state index contributed by atoms with van der Waals surface area (Å²) in [7, 11) is 1.97. The Morgan fingerprint density at radius 3 is 2.85 bits per heavy atom. The third-order valence-corrected chi connectivity index (χ3v) is 5.20. The first-order chi connectivity index (χ1) is 13.2. The number of hydrogen-bond acceptors (Lipinski definition) is 4. The lowest BCUT2D eigenvalue weighted by molar-refractivity contribution is -0.109. The zero-order valence-corrected chi connectivity index (χ0v) is 15.2. The van der Waals surface area contributed by atoms with Crippen molar-refractivity contribution in [1.29, 1.82) is 0 Å². The first-order valence-corrected chi connectivity index (χ1v) is 9.06. The highest BCUT2D eigenvalue weighted by Crippen LogP contribution is 2.32. The molecule has 0 N–H and O–H groups in total. The van der Waals surface area contributed by atoms with Gasteiger partial charge in [0.05, 0.1) is 12.6 Å². The van der Waals surface area contributed by atoms with Crippen LogP contribution in [-0.2, 0) is 17.8 Å². The number of aldehydes is 1. The van der Waals surface area contributed by atoms with Crippen LogP contribution in [-0.4, -0.2) is 28.9 Å². The SMILES string of the molecule is CN1c2ccc(-c3cncc(Cn4ccccc4=O)c3)cc2CCC1C=O. The molecule has 2 aromatic heterocycles. The summed E-state index contributed by atoms with van der Waals surface area (Å²) in [5.74, 6) is 0. The molecule has 1 aliphatic rings. The monoisotopic (exact) mass is 359 g/mol. The topological polar surface area (TPSA) is 55.2 Å². The molecule has 0 bridgehead atoms. The molecule has 0 saturated heterocycles. The van der Waals surface area contributed by atoms with Crippen LogP contribution in [0.4, 0.5) is 5.69 Å². The number of anilines is 1. The van der Waals surface area contributed by atoms with E-state index in [0.29, 0.717) is 6.54 Å². The molecule has 0 radical (unpaired) electrons. The van der Waals surface area contributed by atoms with Crippen molar-refractivity contribution in [3.8, 4) is 11.1 Å². The molecule has 0 amide bonds. The molecule has 136 valence electrons. The van der Waals surface area contributed by atoms with Crippen LogP contribution in [0.15, 0.2) is 65.8 Å². The minimum absolute atomic E-state index is 0.0237. The summed E-state index contributed by atoms with van der Waals surface area (Å²) < 4.78 is 1.67. The number of likely N-dealkylation sites (N-methyl/N-ethyl adjacent to an activating group) is 1. The predicted molar refractivity (Wildman–Crippen MR) is 106 cm³/mol. The summed E-state index contributed by atoms with van der Waals surface area (Å²) >= 11 is 0. The highest BCUT2D eigenvalue weighted by Gasteiger charge is 2.23. The molecule has 3 heterocycles. The standard InChI is InChI=1S/C22H21N3O2/c1-24-20(15-26)7-5-18-11-17(6-8-21(18)24)19-10-16(12-23-13-19)14-25-9-3-2-4-22(25)27/h2-4,6,8-13,15,20H,5,7,14H2,1H3. The van der Waals surface area contributed by atoms with Gasteiger partial charge < -0.3 is 14.3 Å². The van der Waals surface area contributed by atoms with Crippen molar-refractivity contribution in [3.63, 3.8) is 0 Å². The third kappa shape index (κ3) is 3.40. The largest absolute Gasteiger partial charge is 0.365 e. The first kappa shape index (κ1) is 17.2. The molecule has 27 heavy (non-hydrogen) atoms. The number of carbonyl (C=O) groups is 1. The van der Waals surface area contributed by atoms with E-state index in [0.717, 1.165) is 41.5 Å². The molecule has 5 nitrogen and oxygen atoms in total.